The van der Waals surface area contributed by atoms with Gasteiger partial charge in [0.05, 0.1) is 22.5 Å². The topological polar surface area (TPSA) is 64.0 Å². The van der Waals surface area contributed by atoms with Crippen LogP contribution in [0.2, 0.25) is 0 Å². The van der Waals surface area contributed by atoms with E-state index in [0.717, 1.165) is 12.1 Å². The number of benzene rings is 2. The van der Waals surface area contributed by atoms with Crippen molar-refractivity contribution in [1.82, 2.24) is 14.3 Å². The Morgan fingerprint density at radius 2 is 1.69 bits per heavy atom. The molecule has 11 heteroatoms. The van der Waals surface area contributed by atoms with Crippen molar-refractivity contribution in [3.05, 3.63) is 71.2 Å². The molecule has 0 saturated heterocycles. The Bertz CT molecular complexity index is 1210. The average Bonchev–Trinajstić information content (AvgIpc) is 3.12. The first kappa shape index (κ1) is 23.9. The molecule has 0 radical (unpaired) electrons. The van der Waals surface area contributed by atoms with Crippen LogP contribution in [0.1, 0.15) is 29.2 Å². The maximum Gasteiger partial charge on any atom is 0.416 e. The number of alkyl halides is 5. The van der Waals surface area contributed by atoms with Crippen molar-refractivity contribution in [1.29, 1.82) is 0 Å². The zero-order valence-corrected chi connectivity index (χ0v) is 18.2. The number of hydrogen-bond acceptors (Lipinski definition) is 3. The largest absolute Gasteiger partial charge is 0.416 e. The number of aryl methyl sites for hydroxylation is 1. The molecule has 172 valence electrons. The number of imidazole rings is 1. The third kappa shape index (κ3) is 5.16. The number of halogens is 5. The van der Waals surface area contributed by atoms with Crippen LogP contribution < -0.4 is 4.72 Å². The Kier molecular flexibility index (Phi) is 6.18. The molecule has 0 amide bonds. The summed E-state index contributed by atoms with van der Waals surface area (Å²) < 4.78 is 95.9. The first-order chi connectivity index (χ1) is 14.7. The Hall–Kier alpha value is -2.79. The highest BCUT2D eigenvalue weighted by Crippen LogP contribution is 2.36. The number of sulfonamides is 1. The van der Waals surface area contributed by atoms with Crippen LogP contribution in [0.5, 0.6) is 0 Å². The van der Waals surface area contributed by atoms with Gasteiger partial charge in [-0.25, -0.2) is 26.9 Å². The van der Waals surface area contributed by atoms with E-state index in [1.807, 2.05) is 0 Å². The van der Waals surface area contributed by atoms with Crippen LogP contribution in [0, 0.1) is 0 Å². The van der Waals surface area contributed by atoms with Gasteiger partial charge in [0, 0.05) is 31.3 Å². The van der Waals surface area contributed by atoms with Gasteiger partial charge in [0.25, 0.3) is 5.92 Å². The minimum atomic E-state index is -4.80. The van der Waals surface area contributed by atoms with E-state index in [2.05, 4.69) is 9.71 Å². The second kappa shape index (κ2) is 8.28. The standard InChI is InChI=1S/C21H20F5N3O2S/c1-20(22,23)15-7-13(8-16(9-15)21(24,25)26)6-14-4-5-17(32(30,31)27-2)10-18(14)19-11-29(3)12-28-19/h4-5,7-12,27H,6H2,1-3H3. The van der Waals surface area contributed by atoms with Crippen molar-refractivity contribution in [2.75, 3.05) is 7.05 Å². The maximum atomic E-state index is 13.9. The molecular formula is C21H20F5N3O2S. The average molecular weight is 473 g/mol. The van der Waals surface area contributed by atoms with Crippen LogP contribution in [-0.2, 0) is 35.6 Å². The smallest absolute Gasteiger partial charge is 0.340 e. The van der Waals surface area contributed by atoms with E-state index in [4.69, 9.17) is 0 Å². The maximum absolute atomic E-state index is 13.9. The Morgan fingerprint density at radius 1 is 1.03 bits per heavy atom. The lowest BCUT2D eigenvalue weighted by Gasteiger charge is -2.17. The van der Waals surface area contributed by atoms with Gasteiger partial charge in [-0.3, -0.25) is 0 Å². The first-order valence-corrected chi connectivity index (χ1v) is 10.8. The zero-order chi connectivity index (χ0) is 23.9. The predicted octanol–water partition coefficient (Wildman–Crippen LogP) is 4.72. The van der Waals surface area contributed by atoms with Crippen LogP contribution in [0.15, 0.2) is 53.8 Å². The summed E-state index contributed by atoms with van der Waals surface area (Å²) in [5.41, 5.74) is -0.731. The van der Waals surface area contributed by atoms with Crippen LogP contribution in [-0.4, -0.2) is 25.0 Å². The van der Waals surface area contributed by atoms with Crippen molar-refractivity contribution in [2.24, 2.45) is 7.05 Å². The minimum Gasteiger partial charge on any atom is -0.340 e. The van der Waals surface area contributed by atoms with E-state index in [9.17, 15) is 30.4 Å². The summed E-state index contributed by atoms with van der Waals surface area (Å²) in [5.74, 6) is -3.47. The number of aromatic nitrogens is 2. The number of nitrogens with one attached hydrogen (secondary N) is 1. The van der Waals surface area contributed by atoms with Crippen LogP contribution in [0.3, 0.4) is 0 Å². The lowest BCUT2D eigenvalue weighted by Crippen LogP contribution is -2.18. The fourth-order valence-corrected chi connectivity index (χ4v) is 3.97. The van der Waals surface area contributed by atoms with Gasteiger partial charge in [0.2, 0.25) is 10.0 Å². The van der Waals surface area contributed by atoms with E-state index >= 15 is 0 Å². The highest BCUT2D eigenvalue weighted by molar-refractivity contribution is 7.89. The molecule has 0 atom stereocenters. The summed E-state index contributed by atoms with van der Waals surface area (Å²) in [4.78, 5) is 4.14. The van der Waals surface area contributed by atoms with E-state index in [-0.39, 0.29) is 16.9 Å². The number of hydrogen-bond donors (Lipinski definition) is 1. The Balaban J connectivity index is 2.16. The van der Waals surface area contributed by atoms with E-state index in [0.29, 0.717) is 29.8 Å². The van der Waals surface area contributed by atoms with E-state index < -0.39 is 33.2 Å². The molecule has 1 heterocycles. The summed E-state index contributed by atoms with van der Waals surface area (Å²) in [6.45, 7) is 0.531. The summed E-state index contributed by atoms with van der Waals surface area (Å²) in [5, 5.41) is 0. The highest BCUT2D eigenvalue weighted by atomic mass is 32.2. The van der Waals surface area contributed by atoms with Crippen molar-refractivity contribution < 1.29 is 30.4 Å². The lowest BCUT2D eigenvalue weighted by molar-refractivity contribution is -0.137. The molecule has 0 spiro atoms. The summed E-state index contributed by atoms with van der Waals surface area (Å²) in [6.07, 6.45) is -1.84. The van der Waals surface area contributed by atoms with Crippen molar-refractivity contribution >= 4 is 10.0 Å². The number of nitrogens with zero attached hydrogens (tertiary/aromatic N) is 2. The van der Waals surface area contributed by atoms with Gasteiger partial charge in [-0.05, 0) is 54.9 Å². The third-order valence-corrected chi connectivity index (χ3v) is 6.27. The molecule has 5 nitrogen and oxygen atoms in total. The van der Waals surface area contributed by atoms with Crippen molar-refractivity contribution in [2.45, 2.75) is 30.3 Å². The molecule has 0 aliphatic rings. The van der Waals surface area contributed by atoms with E-state index in [1.165, 1.54) is 31.6 Å². The predicted molar refractivity (Wildman–Crippen MR) is 109 cm³/mol. The van der Waals surface area contributed by atoms with Crippen LogP contribution in [0.4, 0.5) is 22.0 Å². The van der Waals surface area contributed by atoms with Gasteiger partial charge in [0.15, 0.2) is 0 Å². The molecule has 0 aliphatic carbocycles. The molecule has 0 bridgehead atoms. The minimum absolute atomic E-state index is 0.0118. The van der Waals surface area contributed by atoms with Gasteiger partial charge in [0.1, 0.15) is 0 Å². The Labute approximate surface area is 182 Å². The fourth-order valence-electron chi connectivity index (χ4n) is 3.22. The van der Waals surface area contributed by atoms with E-state index in [1.54, 1.807) is 17.8 Å². The molecular weight excluding hydrogens is 453 g/mol. The summed E-state index contributed by atoms with van der Waals surface area (Å²) in [6, 6.07) is 6.37. The van der Waals surface area contributed by atoms with Crippen LogP contribution >= 0.6 is 0 Å². The van der Waals surface area contributed by atoms with Gasteiger partial charge < -0.3 is 4.57 Å². The molecule has 0 saturated carbocycles. The fraction of sp³-hybridized carbons (Fsp3) is 0.286. The molecule has 3 aromatic rings. The highest BCUT2D eigenvalue weighted by Gasteiger charge is 2.34. The molecule has 3 rings (SSSR count). The molecule has 2 aromatic carbocycles. The van der Waals surface area contributed by atoms with Gasteiger partial charge >= 0.3 is 6.18 Å². The van der Waals surface area contributed by atoms with Crippen LogP contribution in [0.25, 0.3) is 11.3 Å². The normalized spacial score (nSPS) is 12.9. The van der Waals surface area contributed by atoms with Crippen molar-refractivity contribution in [3.8, 4) is 11.3 Å². The second-order valence-corrected chi connectivity index (χ2v) is 9.32. The summed E-state index contributed by atoms with van der Waals surface area (Å²) >= 11 is 0. The summed E-state index contributed by atoms with van der Waals surface area (Å²) in [7, 11) is -0.846. The zero-order valence-electron chi connectivity index (χ0n) is 17.3. The first-order valence-electron chi connectivity index (χ1n) is 9.35. The molecule has 1 aromatic heterocycles. The third-order valence-electron chi connectivity index (χ3n) is 4.86. The molecule has 1 N–H and O–H groups in total. The van der Waals surface area contributed by atoms with Gasteiger partial charge in [-0.1, -0.05) is 6.07 Å². The monoisotopic (exact) mass is 473 g/mol. The van der Waals surface area contributed by atoms with Gasteiger partial charge in [-0.2, -0.15) is 13.2 Å². The molecule has 0 fully saturated rings. The second-order valence-electron chi connectivity index (χ2n) is 7.43. The quantitative estimate of drug-likeness (QED) is 0.527. The molecule has 0 aliphatic heterocycles. The van der Waals surface area contributed by atoms with Gasteiger partial charge in [-0.15, -0.1) is 0 Å². The SMILES string of the molecule is CNS(=O)(=O)c1ccc(Cc2cc(C(C)(F)F)cc(C(F)(F)F)c2)c(-c2cn(C)cn2)c1. The molecule has 0 unspecified atom stereocenters. The van der Waals surface area contributed by atoms with Crippen molar-refractivity contribution in [3.63, 3.8) is 0 Å². The number of rotatable bonds is 6. The lowest BCUT2D eigenvalue weighted by atomic mass is 9.94. The Morgan fingerprint density at radius 3 is 2.22 bits per heavy atom. The molecule has 32 heavy (non-hydrogen) atoms.